The summed E-state index contributed by atoms with van der Waals surface area (Å²) in [7, 11) is 1.36. The maximum absolute atomic E-state index is 12.1. The Morgan fingerprint density at radius 1 is 0.964 bits per heavy atom. The molecule has 0 radical (unpaired) electrons. The van der Waals surface area contributed by atoms with E-state index < -0.39 is 5.97 Å². The van der Waals surface area contributed by atoms with Crippen molar-refractivity contribution in [1.29, 1.82) is 0 Å². The highest BCUT2D eigenvalue weighted by atomic mass is 16.5. The van der Waals surface area contributed by atoms with Crippen molar-refractivity contribution >= 4 is 17.3 Å². The van der Waals surface area contributed by atoms with E-state index in [1.807, 2.05) is 66.9 Å². The normalized spacial score (nSPS) is 10.5. The zero-order chi connectivity index (χ0) is 19.3. The number of nitrogens with one attached hydrogen (secondary N) is 1. The van der Waals surface area contributed by atoms with E-state index in [4.69, 9.17) is 9.84 Å². The number of aromatic nitrogens is 3. The predicted octanol–water partition coefficient (Wildman–Crippen LogP) is 4.46. The van der Waals surface area contributed by atoms with Crippen LogP contribution in [-0.4, -0.2) is 27.8 Å². The average molecular weight is 370 g/mol. The number of para-hydroxylation sites is 1. The second-order valence-corrected chi connectivity index (χ2v) is 6.08. The number of anilines is 2. The molecule has 0 amide bonds. The van der Waals surface area contributed by atoms with Gasteiger partial charge in [0.25, 0.3) is 0 Å². The van der Waals surface area contributed by atoms with Crippen LogP contribution in [0.15, 0.2) is 85.3 Å². The highest BCUT2D eigenvalue weighted by Crippen LogP contribution is 2.31. The molecule has 1 N–H and O–H groups in total. The second-order valence-electron chi connectivity index (χ2n) is 6.08. The van der Waals surface area contributed by atoms with Crippen LogP contribution in [0.25, 0.3) is 16.9 Å². The number of hydrogen-bond donors (Lipinski definition) is 1. The van der Waals surface area contributed by atoms with Crippen LogP contribution in [0.1, 0.15) is 10.4 Å². The first-order chi connectivity index (χ1) is 13.8. The minimum absolute atomic E-state index is 0.406. The van der Waals surface area contributed by atoms with Crippen molar-refractivity contribution in [2.24, 2.45) is 0 Å². The summed E-state index contributed by atoms with van der Waals surface area (Å²) >= 11 is 0. The van der Waals surface area contributed by atoms with Crippen molar-refractivity contribution < 1.29 is 9.53 Å². The Hall–Kier alpha value is -3.93. The maximum atomic E-state index is 12.1. The lowest BCUT2D eigenvalue weighted by atomic mass is 10.1. The largest absolute Gasteiger partial charge is 0.465 e. The van der Waals surface area contributed by atoms with Gasteiger partial charge in [-0.2, -0.15) is 5.10 Å². The summed E-state index contributed by atoms with van der Waals surface area (Å²) in [6.07, 6.45) is 5.05. The molecule has 6 nitrogen and oxygen atoms in total. The molecule has 0 fully saturated rings. The predicted molar refractivity (Wildman–Crippen MR) is 108 cm³/mol. The molecule has 0 saturated heterocycles. The molecule has 4 rings (SSSR count). The highest BCUT2D eigenvalue weighted by Gasteiger charge is 2.16. The number of rotatable bonds is 5. The topological polar surface area (TPSA) is 69.0 Å². The van der Waals surface area contributed by atoms with Crippen LogP contribution < -0.4 is 5.32 Å². The molecule has 0 aliphatic carbocycles. The SMILES string of the molecule is COC(=O)c1ccncc1Nc1cn(-c2ccccc2)nc1-c1ccccc1. The quantitative estimate of drug-likeness (QED) is 0.525. The first-order valence-corrected chi connectivity index (χ1v) is 8.76. The maximum Gasteiger partial charge on any atom is 0.340 e. The number of pyridine rings is 1. The van der Waals surface area contributed by atoms with E-state index >= 15 is 0 Å². The van der Waals surface area contributed by atoms with Gasteiger partial charge in [0.15, 0.2) is 0 Å². The molecule has 0 unspecified atom stereocenters. The molecule has 2 heterocycles. The van der Waals surface area contributed by atoms with E-state index in [-0.39, 0.29) is 0 Å². The molecule has 2 aromatic carbocycles. The first kappa shape index (κ1) is 17.5. The Kier molecular flexibility index (Phi) is 4.84. The fourth-order valence-corrected chi connectivity index (χ4v) is 2.91. The van der Waals surface area contributed by atoms with Gasteiger partial charge in [0.1, 0.15) is 5.69 Å². The van der Waals surface area contributed by atoms with E-state index in [0.717, 1.165) is 22.6 Å². The van der Waals surface area contributed by atoms with Gasteiger partial charge >= 0.3 is 5.97 Å². The zero-order valence-electron chi connectivity index (χ0n) is 15.2. The second kappa shape index (κ2) is 7.75. The van der Waals surface area contributed by atoms with Crippen molar-refractivity contribution in [3.8, 4) is 16.9 Å². The van der Waals surface area contributed by atoms with Crippen LogP contribution in [-0.2, 0) is 4.74 Å². The van der Waals surface area contributed by atoms with Gasteiger partial charge in [-0.15, -0.1) is 0 Å². The van der Waals surface area contributed by atoms with E-state index in [9.17, 15) is 4.79 Å². The van der Waals surface area contributed by atoms with Crippen LogP contribution in [0.5, 0.6) is 0 Å². The Morgan fingerprint density at radius 2 is 1.68 bits per heavy atom. The van der Waals surface area contributed by atoms with Crippen molar-refractivity contribution in [2.75, 3.05) is 12.4 Å². The third-order valence-electron chi connectivity index (χ3n) is 4.28. The Morgan fingerprint density at radius 3 is 2.39 bits per heavy atom. The summed E-state index contributed by atoms with van der Waals surface area (Å²) in [5, 5.41) is 8.06. The van der Waals surface area contributed by atoms with Crippen molar-refractivity contribution in [3.05, 3.63) is 90.9 Å². The number of nitrogens with zero attached hydrogens (tertiary/aromatic N) is 3. The molecule has 0 saturated carbocycles. The summed E-state index contributed by atoms with van der Waals surface area (Å²) in [4.78, 5) is 16.2. The minimum Gasteiger partial charge on any atom is -0.465 e. The lowest BCUT2D eigenvalue weighted by Crippen LogP contribution is -2.06. The van der Waals surface area contributed by atoms with E-state index in [2.05, 4.69) is 10.3 Å². The zero-order valence-corrected chi connectivity index (χ0v) is 15.2. The highest BCUT2D eigenvalue weighted by molar-refractivity contribution is 5.96. The third kappa shape index (κ3) is 3.48. The van der Waals surface area contributed by atoms with Gasteiger partial charge in [-0.05, 0) is 18.2 Å². The van der Waals surface area contributed by atoms with Gasteiger partial charge in [0.05, 0.1) is 42.1 Å². The summed E-state index contributed by atoms with van der Waals surface area (Å²) in [6.45, 7) is 0. The monoisotopic (exact) mass is 370 g/mol. The first-order valence-electron chi connectivity index (χ1n) is 8.76. The molecular weight excluding hydrogens is 352 g/mol. The van der Waals surface area contributed by atoms with Crippen LogP contribution in [0.2, 0.25) is 0 Å². The summed E-state index contributed by atoms with van der Waals surface area (Å²) in [5.41, 5.74) is 4.38. The summed E-state index contributed by atoms with van der Waals surface area (Å²) in [6, 6.07) is 21.3. The van der Waals surface area contributed by atoms with E-state index in [1.54, 1.807) is 23.1 Å². The molecular formula is C22H18N4O2. The van der Waals surface area contributed by atoms with Gasteiger partial charge in [-0.1, -0.05) is 48.5 Å². The molecule has 28 heavy (non-hydrogen) atoms. The van der Waals surface area contributed by atoms with Gasteiger partial charge in [0, 0.05) is 11.8 Å². The van der Waals surface area contributed by atoms with Crippen LogP contribution >= 0.6 is 0 Å². The molecule has 6 heteroatoms. The number of carbonyl (C=O) groups excluding carboxylic acids is 1. The third-order valence-corrected chi connectivity index (χ3v) is 4.28. The van der Waals surface area contributed by atoms with E-state index in [0.29, 0.717) is 11.3 Å². The standard InChI is InChI=1S/C22H18N4O2/c1-28-22(27)18-12-13-23-14-19(18)24-20-15-26(17-10-6-3-7-11-17)25-21(20)16-8-4-2-5-9-16/h2-15,24H,1H3. The average Bonchev–Trinajstić information content (AvgIpc) is 3.18. The van der Waals surface area contributed by atoms with Crippen LogP contribution in [0.4, 0.5) is 11.4 Å². The van der Waals surface area contributed by atoms with Crippen molar-refractivity contribution in [2.45, 2.75) is 0 Å². The lowest BCUT2D eigenvalue weighted by molar-refractivity contribution is 0.0602. The fourth-order valence-electron chi connectivity index (χ4n) is 2.91. The van der Waals surface area contributed by atoms with E-state index in [1.165, 1.54) is 7.11 Å². The number of ether oxygens (including phenoxy) is 1. The molecule has 4 aromatic rings. The molecule has 0 atom stereocenters. The number of methoxy groups -OCH3 is 1. The molecule has 0 bridgehead atoms. The Balaban J connectivity index is 1.80. The number of carbonyl (C=O) groups is 1. The number of benzene rings is 2. The lowest BCUT2D eigenvalue weighted by Gasteiger charge is -2.10. The summed E-state index contributed by atoms with van der Waals surface area (Å²) in [5.74, 6) is -0.429. The van der Waals surface area contributed by atoms with Gasteiger partial charge in [-0.3, -0.25) is 4.98 Å². The Labute approximate surface area is 162 Å². The molecule has 0 aliphatic heterocycles. The van der Waals surface area contributed by atoms with Gasteiger partial charge in [-0.25, -0.2) is 9.48 Å². The summed E-state index contributed by atoms with van der Waals surface area (Å²) < 4.78 is 6.68. The smallest absolute Gasteiger partial charge is 0.340 e. The molecule has 2 aromatic heterocycles. The molecule has 138 valence electrons. The molecule has 0 spiro atoms. The van der Waals surface area contributed by atoms with Crippen LogP contribution in [0.3, 0.4) is 0 Å². The number of esters is 1. The van der Waals surface area contributed by atoms with Crippen molar-refractivity contribution in [1.82, 2.24) is 14.8 Å². The van der Waals surface area contributed by atoms with Crippen LogP contribution in [0, 0.1) is 0 Å². The molecule has 0 aliphatic rings. The minimum atomic E-state index is -0.429. The Bertz CT molecular complexity index is 1090. The van der Waals surface area contributed by atoms with Gasteiger partial charge < -0.3 is 10.1 Å². The fraction of sp³-hybridized carbons (Fsp3) is 0.0455. The number of hydrogen-bond acceptors (Lipinski definition) is 5. The van der Waals surface area contributed by atoms with Gasteiger partial charge in [0.2, 0.25) is 0 Å². The van der Waals surface area contributed by atoms with Crippen molar-refractivity contribution in [3.63, 3.8) is 0 Å².